The van der Waals surface area contributed by atoms with Gasteiger partial charge in [-0.1, -0.05) is 17.7 Å². The molecule has 0 unspecified atom stereocenters. The van der Waals surface area contributed by atoms with Gasteiger partial charge in [0.05, 0.1) is 0 Å². The maximum absolute atomic E-state index is 5.72. The van der Waals surface area contributed by atoms with Crippen LogP contribution in [-0.2, 0) is 0 Å². The van der Waals surface area contributed by atoms with Crippen molar-refractivity contribution in [2.45, 2.75) is 4.90 Å². The normalized spacial score (nSPS) is 10.0. The molecule has 0 heterocycles. The number of halogens is 1. The minimum atomic E-state index is 0.659. The lowest BCUT2D eigenvalue weighted by molar-refractivity contribution is 1.15. The maximum Gasteiger partial charge on any atom is 0.0496 e. The highest BCUT2D eigenvalue weighted by molar-refractivity contribution is 7.99. The maximum atomic E-state index is 5.72. The Morgan fingerprint density at radius 1 is 1.64 bits per heavy atom. The van der Waals surface area contributed by atoms with E-state index in [0.717, 1.165) is 10.6 Å². The van der Waals surface area contributed by atoms with Gasteiger partial charge in [0.2, 0.25) is 0 Å². The fourth-order valence-corrected chi connectivity index (χ4v) is 1.65. The van der Waals surface area contributed by atoms with Gasteiger partial charge in [0.15, 0.2) is 0 Å². The second-order valence-corrected chi connectivity index (χ2v) is 3.58. The molecule has 0 amide bonds. The van der Waals surface area contributed by atoms with Crippen molar-refractivity contribution in [3.05, 3.63) is 29.3 Å². The molecule has 1 aromatic carbocycles. The van der Waals surface area contributed by atoms with Crippen molar-refractivity contribution in [3.63, 3.8) is 0 Å². The summed E-state index contributed by atoms with van der Waals surface area (Å²) in [4.78, 5) is 1.15. The number of hydrogen-bond donors (Lipinski definition) is 1. The Kier molecular flexibility index (Phi) is 3.77. The first kappa shape index (κ1) is 8.91. The van der Waals surface area contributed by atoms with Crippen LogP contribution in [0, 0.1) is 6.07 Å². The smallest absolute Gasteiger partial charge is 0.0496 e. The summed E-state index contributed by atoms with van der Waals surface area (Å²) in [7, 11) is 0. The highest BCUT2D eigenvalue weighted by Gasteiger charge is 1.92. The van der Waals surface area contributed by atoms with Crippen LogP contribution < -0.4 is 5.73 Å². The highest BCUT2D eigenvalue weighted by Crippen LogP contribution is 2.20. The Hall–Kier alpha value is -0.180. The Bertz CT molecular complexity index is 227. The quantitative estimate of drug-likeness (QED) is 0.733. The molecule has 0 atom stereocenters. The number of hydrogen-bond acceptors (Lipinski definition) is 2. The second-order valence-electron chi connectivity index (χ2n) is 2.01. The van der Waals surface area contributed by atoms with Crippen molar-refractivity contribution >= 4 is 23.4 Å². The van der Waals surface area contributed by atoms with Gasteiger partial charge in [0.25, 0.3) is 0 Å². The van der Waals surface area contributed by atoms with Crippen LogP contribution in [-0.4, -0.2) is 12.3 Å². The summed E-state index contributed by atoms with van der Waals surface area (Å²) in [5.74, 6) is 0.931. The Morgan fingerprint density at radius 2 is 2.45 bits per heavy atom. The zero-order chi connectivity index (χ0) is 8.10. The zero-order valence-corrected chi connectivity index (χ0v) is 7.58. The highest BCUT2D eigenvalue weighted by atomic mass is 35.5. The summed E-state index contributed by atoms with van der Waals surface area (Å²) in [5.41, 5.74) is 5.35. The van der Waals surface area contributed by atoms with Gasteiger partial charge >= 0.3 is 0 Å². The zero-order valence-electron chi connectivity index (χ0n) is 6.01. The Balaban J connectivity index is 2.56. The van der Waals surface area contributed by atoms with Crippen molar-refractivity contribution in [2.75, 3.05) is 12.3 Å². The molecule has 0 saturated heterocycles. The number of rotatable bonds is 3. The van der Waals surface area contributed by atoms with Crippen LogP contribution in [0.2, 0.25) is 5.02 Å². The molecule has 2 N–H and O–H groups in total. The molecule has 0 aliphatic rings. The fourth-order valence-electron chi connectivity index (χ4n) is 0.685. The van der Waals surface area contributed by atoms with E-state index in [0.29, 0.717) is 11.6 Å². The van der Waals surface area contributed by atoms with Crippen molar-refractivity contribution < 1.29 is 0 Å². The Morgan fingerprint density at radius 3 is 3.09 bits per heavy atom. The van der Waals surface area contributed by atoms with Gasteiger partial charge in [0, 0.05) is 28.3 Å². The van der Waals surface area contributed by atoms with Crippen molar-refractivity contribution in [2.24, 2.45) is 5.73 Å². The minimum Gasteiger partial charge on any atom is -0.330 e. The molecule has 0 spiro atoms. The molecule has 0 aromatic heterocycles. The van der Waals surface area contributed by atoms with E-state index in [9.17, 15) is 0 Å². The second kappa shape index (κ2) is 4.65. The molecule has 1 aromatic rings. The predicted octanol–water partition coefficient (Wildman–Crippen LogP) is 2.19. The summed E-state index contributed by atoms with van der Waals surface area (Å²) in [5, 5.41) is 0.659. The van der Waals surface area contributed by atoms with E-state index in [4.69, 9.17) is 17.3 Å². The molecule has 59 valence electrons. The number of benzene rings is 1. The van der Waals surface area contributed by atoms with Crippen LogP contribution >= 0.6 is 23.4 Å². The first-order valence-electron chi connectivity index (χ1n) is 3.33. The van der Waals surface area contributed by atoms with Crippen LogP contribution in [0.1, 0.15) is 0 Å². The SMILES string of the molecule is NCCSc1cc[c]c(Cl)c1. The fraction of sp³-hybridized carbons (Fsp3) is 0.250. The van der Waals surface area contributed by atoms with E-state index in [1.807, 2.05) is 18.2 Å². The Labute approximate surface area is 75.9 Å². The van der Waals surface area contributed by atoms with Gasteiger partial charge in [-0.2, -0.15) is 0 Å². The predicted molar refractivity (Wildman–Crippen MR) is 50.1 cm³/mol. The largest absolute Gasteiger partial charge is 0.330 e. The molecule has 0 aliphatic heterocycles. The van der Waals surface area contributed by atoms with E-state index in [1.165, 1.54) is 0 Å². The molecule has 0 fully saturated rings. The van der Waals surface area contributed by atoms with Crippen molar-refractivity contribution in [1.29, 1.82) is 0 Å². The van der Waals surface area contributed by atoms with Crippen LogP contribution in [0.15, 0.2) is 23.1 Å². The summed E-state index contributed by atoms with van der Waals surface area (Å²) in [6.07, 6.45) is 0. The van der Waals surface area contributed by atoms with E-state index in [-0.39, 0.29) is 0 Å². The third kappa shape index (κ3) is 3.14. The summed E-state index contributed by atoms with van der Waals surface area (Å²) >= 11 is 7.43. The van der Waals surface area contributed by atoms with Crippen LogP contribution in [0.5, 0.6) is 0 Å². The summed E-state index contributed by atoms with van der Waals surface area (Å²) in [6.45, 7) is 0.695. The van der Waals surface area contributed by atoms with Gasteiger partial charge in [0.1, 0.15) is 0 Å². The van der Waals surface area contributed by atoms with Gasteiger partial charge in [-0.05, 0) is 12.1 Å². The van der Waals surface area contributed by atoms with Gasteiger partial charge in [-0.3, -0.25) is 0 Å². The molecular formula is C8H9ClNS. The third-order valence-electron chi connectivity index (χ3n) is 1.12. The summed E-state index contributed by atoms with van der Waals surface area (Å²) in [6, 6.07) is 8.56. The lowest BCUT2D eigenvalue weighted by Crippen LogP contribution is -2.00. The van der Waals surface area contributed by atoms with Crippen LogP contribution in [0.4, 0.5) is 0 Å². The van der Waals surface area contributed by atoms with E-state index in [2.05, 4.69) is 6.07 Å². The first-order chi connectivity index (χ1) is 5.33. The lowest BCUT2D eigenvalue weighted by atomic mass is 10.4. The molecule has 0 aliphatic carbocycles. The van der Waals surface area contributed by atoms with E-state index < -0.39 is 0 Å². The van der Waals surface area contributed by atoms with Gasteiger partial charge < -0.3 is 5.73 Å². The molecular weight excluding hydrogens is 178 g/mol. The third-order valence-corrected chi connectivity index (χ3v) is 2.37. The monoisotopic (exact) mass is 186 g/mol. The molecule has 1 radical (unpaired) electrons. The van der Waals surface area contributed by atoms with Crippen LogP contribution in [0.25, 0.3) is 0 Å². The average molecular weight is 187 g/mol. The van der Waals surface area contributed by atoms with Crippen molar-refractivity contribution in [1.82, 2.24) is 0 Å². The topological polar surface area (TPSA) is 26.0 Å². The molecule has 3 heteroatoms. The lowest BCUT2D eigenvalue weighted by Gasteiger charge is -1.98. The molecule has 0 bridgehead atoms. The molecule has 11 heavy (non-hydrogen) atoms. The number of thioether (sulfide) groups is 1. The average Bonchev–Trinajstić information content (AvgIpc) is 2.01. The summed E-state index contributed by atoms with van der Waals surface area (Å²) < 4.78 is 0. The molecule has 0 saturated carbocycles. The van der Waals surface area contributed by atoms with E-state index >= 15 is 0 Å². The van der Waals surface area contributed by atoms with E-state index in [1.54, 1.807) is 11.8 Å². The van der Waals surface area contributed by atoms with Crippen LogP contribution in [0.3, 0.4) is 0 Å². The number of nitrogens with two attached hydrogens (primary N) is 1. The standard InChI is InChI=1S/C8H9ClNS/c9-7-2-1-3-8(6-7)11-5-4-10/h1,3,6H,4-5,10H2. The van der Waals surface area contributed by atoms with Gasteiger partial charge in [-0.15, -0.1) is 11.8 Å². The first-order valence-corrected chi connectivity index (χ1v) is 4.69. The molecule has 1 rings (SSSR count). The van der Waals surface area contributed by atoms with Crippen molar-refractivity contribution in [3.8, 4) is 0 Å². The molecule has 1 nitrogen and oxygen atoms in total. The minimum absolute atomic E-state index is 0.659. The van der Waals surface area contributed by atoms with Gasteiger partial charge in [-0.25, -0.2) is 0 Å².